The van der Waals surface area contributed by atoms with E-state index in [-0.39, 0.29) is 24.1 Å². The summed E-state index contributed by atoms with van der Waals surface area (Å²) in [5.41, 5.74) is 1.50. The molecule has 0 saturated carbocycles. The summed E-state index contributed by atoms with van der Waals surface area (Å²) < 4.78 is 20.1. The van der Waals surface area contributed by atoms with Crippen molar-refractivity contribution < 1.29 is 18.7 Å². The third kappa shape index (κ3) is 4.98. The predicted molar refractivity (Wildman–Crippen MR) is 105 cm³/mol. The number of carbonyl (C=O) groups excluding carboxylic acids is 2. The number of thioether (sulfide) groups is 1. The fourth-order valence-electron chi connectivity index (χ4n) is 2.48. The topological polar surface area (TPSA) is 73.2 Å². The lowest BCUT2D eigenvalue weighted by atomic mass is 10.2. The van der Waals surface area contributed by atoms with Gasteiger partial charge in [-0.2, -0.15) is 0 Å². The highest BCUT2D eigenvalue weighted by Crippen LogP contribution is 2.21. The van der Waals surface area contributed by atoms with Crippen molar-refractivity contribution in [3.05, 3.63) is 72.3 Å². The highest BCUT2D eigenvalue weighted by molar-refractivity contribution is 7.99. The molecule has 8 heteroatoms. The summed E-state index contributed by atoms with van der Waals surface area (Å²) in [4.78, 5) is 28.3. The number of carbonyl (C=O) groups is 2. The Morgan fingerprint density at radius 3 is 2.82 bits per heavy atom. The Hall–Kier alpha value is -3.13. The Kier molecular flexibility index (Phi) is 6.44. The number of anilines is 1. The highest BCUT2D eigenvalue weighted by Gasteiger charge is 2.11. The van der Waals surface area contributed by atoms with Gasteiger partial charge in [0, 0.05) is 18.1 Å². The minimum absolute atomic E-state index is 0.107. The molecule has 0 bridgehead atoms. The van der Waals surface area contributed by atoms with Gasteiger partial charge in [-0.25, -0.2) is 14.2 Å². The average molecular weight is 399 g/mol. The number of hydrogen-bond donors (Lipinski definition) is 1. The lowest BCUT2D eigenvalue weighted by Crippen LogP contribution is -2.15. The number of ether oxygens (including phenoxy) is 1. The molecule has 1 heterocycles. The minimum atomic E-state index is -0.440. The second-order valence-electron chi connectivity index (χ2n) is 5.70. The molecule has 0 atom stereocenters. The number of nitrogens with one attached hydrogen (secondary N) is 1. The summed E-state index contributed by atoms with van der Waals surface area (Å²) in [5.74, 6) is -0.929. The van der Waals surface area contributed by atoms with Crippen LogP contribution in [0.15, 0.2) is 66.1 Å². The van der Waals surface area contributed by atoms with E-state index in [0.29, 0.717) is 22.1 Å². The molecule has 0 radical (unpaired) electrons. The van der Waals surface area contributed by atoms with Gasteiger partial charge in [-0.3, -0.25) is 9.36 Å². The van der Waals surface area contributed by atoms with Gasteiger partial charge in [0.2, 0.25) is 5.91 Å². The van der Waals surface area contributed by atoms with E-state index < -0.39 is 5.97 Å². The second kappa shape index (κ2) is 9.18. The largest absolute Gasteiger partial charge is 0.462 e. The van der Waals surface area contributed by atoms with Gasteiger partial charge < -0.3 is 10.1 Å². The SMILES string of the molecule is CCOC(=O)c1cccc(NC(=O)CSc2nccn2-c2cccc(F)c2)c1. The normalized spacial score (nSPS) is 10.5. The van der Waals surface area contributed by atoms with Gasteiger partial charge in [-0.05, 0) is 43.3 Å². The molecule has 1 amide bonds. The summed E-state index contributed by atoms with van der Waals surface area (Å²) in [5, 5.41) is 3.32. The summed E-state index contributed by atoms with van der Waals surface area (Å²) in [6.45, 7) is 2.01. The van der Waals surface area contributed by atoms with Crippen LogP contribution in [0.25, 0.3) is 5.69 Å². The lowest BCUT2D eigenvalue weighted by Gasteiger charge is -2.09. The average Bonchev–Trinajstić information content (AvgIpc) is 3.15. The summed E-state index contributed by atoms with van der Waals surface area (Å²) in [6.07, 6.45) is 3.30. The van der Waals surface area contributed by atoms with Crippen LogP contribution < -0.4 is 5.32 Å². The van der Waals surface area contributed by atoms with E-state index in [1.54, 1.807) is 60.3 Å². The Morgan fingerprint density at radius 1 is 1.21 bits per heavy atom. The van der Waals surface area contributed by atoms with Crippen LogP contribution in [-0.2, 0) is 9.53 Å². The van der Waals surface area contributed by atoms with Gasteiger partial charge in [-0.1, -0.05) is 23.9 Å². The number of benzene rings is 2. The van der Waals surface area contributed by atoms with E-state index in [1.807, 2.05) is 0 Å². The van der Waals surface area contributed by atoms with Crippen LogP contribution in [0.1, 0.15) is 17.3 Å². The third-order valence-corrected chi connectivity index (χ3v) is 4.65. The van der Waals surface area contributed by atoms with Gasteiger partial charge in [0.15, 0.2) is 5.16 Å². The molecule has 0 aliphatic rings. The van der Waals surface area contributed by atoms with E-state index in [0.717, 1.165) is 0 Å². The van der Waals surface area contributed by atoms with Gasteiger partial charge >= 0.3 is 5.97 Å². The summed E-state index contributed by atoms with van der Waals surface area (Å²) in [6, 6.07) is 12.7. The second-order valence-corrected chi connectivity index (χ2v) is 6.64. The van der Waals surface area contributed by atoms with Gasteiger partial charge in [0.1, 0.15) is 5.82 Å². The van der Waals surface area contributed by atoms with Gasteiger partial charge in [0.25, 0.3) is 0 Å². The first-order valence-corrected chi connectivity index (χ1v) is 9.54. The van der Waals surface area contributed by atoms with Crippen molar-refractivity contribution in [2.45, 2.75) is 12.1 Å². The van der Waals surface area contributed by atoms with Crippen molar-refractivity contribution in [1.82, 2.24) is 9.55 Å². The summed E-state index contributed by atoms with van der Waals surface area (Å²) in [7, 11) is 0. The molecule has 0 fully saturated rings. The zero-order chi connectivity index (χ0) is 19.9. The monoisotopic (exact) mass is 399 g/mol. The number of rotatable bonds is 7. The molecular formula is C20H18FN3O3S. The maximum atomic E-state index is 13.4. The number of nitrogens with zero attached hydrogens (tertiary/aromatic N) is 2. The van der Waals surface area contributed by atoms with Crippen molar-refractivity contribution in [3.8, 4) is 5.69 Å². The standard InChI is InChI=1S/C20H18FN3O3S/c1-2-27-19(26)14-5-3-7-16(11-14)23-18(25)13-28-20-22-9-10-24(20)17-8-4-6-15(21)12-17/h3-12H,2,13H2,1H3,(H,23,25). The number of amides is 1. The van der Waals surface area contributed by atoms with Crippen LogP contribution in [0.4, 0.5) is 10.1 Å². The Morgan fingerprint density at radius 2 is 2.04 bits per heavy atom. The molecule has 3 rings (SSSR count). The Bertz CT molecular complexity index is 990. The zero-order valence-corrected chi connectivity index (χ0v) is 15.9. The molecule has 1 aromatic heterocycles. The molecule has 6 nitrogen and oxygen atoms in total. The number of hydrogen-bond acceptors (Lipinski definition) is 5. The first-order valence-electron chi connectivity index (χ1n) is 8.56. The minimum Gasteiger partial charge on any atom is -0.462 e. The van der Waals surface area contributed by atoms with E-state index in [9.17, 15) is 14.0 Å². The maximum Gasteiger partial charge on any atom is 0.338 e. The number of esters is 1. The van der Waals surface area contributed by atoms with Gasteiger partial charge in [-0.15, -0.1) is 0 Å². The van der Waals surface area contributed by atoms with Crippen molar-refractivity contribution in [1.29, 1.82) is 0 Å². The quantitative estimate of drug-likeness (QED) is 0.482. The van der Waals surface area contributed by atoms with Gasteiger partial charge in [0.05, 0.1) is 23.6 Å². The molecule has 3 aromatic rings. The van der Waals surface area contributed by atoms with Crippen LogP contribution in [0.5, 0.6) is 0 Å². The first-order chi connectivity index (χ1) is 13.6. The smallest absolute Gasteiger partial charge is 0.338 e. The number of halogens is 1. The molecule has 0 aliphatic heterocycles. The van der Waals surface area contributed by atoms with Crippen LogP contribution in [0, 0.1) is 5.82 Å². The molecule has 144 valence electrons. The molecular weight excluding hydrogens is 381 g/mol. The van der Waals surface area contributed by atoms with E-state index >= 15 is 0 Å². The Balaban J connectivity index is 1.62. The third-order valence-electron chi connectivity index (χ3n) is 3.68. The number of imidazole rings is 1. The molecule has 0 spiro atoms. The molecule has 0 saturated heterocycles. The fraction of sp³-hybridized carbons (Fsp3) is 0.150. The number of aromatic nitrogens is 2. The lowest BCUT2D eigenvalue weighted by molar-refractivity contribution is -0.113. The zero-order valence-electron chi connectivity index (χ0n) is 15.1. The van der Waals surface area contributed by atoms with Crippen LogP contribution >= 0.6 is 11.8 Å². The van der Waals surface area contributed by atoms with Crippen LogP contribution in [0.2, 0.25) is 0 Å². The first kappa shape index (κ1) is 19.6. The maximum absolute atomic E-state index is 13.4. The summed E-state index contributed by atoms with van der Waals surface area (Å²) >= 11 is 1.23. The molecule has 0 aliphatic carbocycles. The van der Waals surface area contributed by atoms with Crippen molar-refractivity contribution in [3.63, 3.8) is 0 Å². The van der Waals surface area contributed by atoms with E-state index in [1.165, 1.54) is 23.9 Å². The van der Waals surface area contributed by atoms with E-state index in [2.05, 4.69) is 10.3 Å². The van der Waals surface area contributed by atoms with Crippen LogP contribution in [0.3, 0.4) is 0 Å². The van der Waals surface area contributed by atoms with Crippen molar-refractivity contribution in [2.75, 3.05) is 17.7 Å². The van der Waals surface area contributed by atoms with E-state index in [4.69, 9.17) is 4.74 Å². The highest BCUT2D eigenvalue weighted by atomic mass is 32.2. The fourth-order valence-corrected chi connectivity index (χ4v) is 3.26. The predicted octanol–water partition coefficient (Wildman–Crippen LogP) is 3.92. The molecule has 2 aromatic carbocycles. The molecule has 0 unspecified atom stereocenters. The molecule has 28 heavy (non-hydrogen) atoms. The van der Waals surface area contributed by atoms with Crippen molar-refractivity contribution >= 4 is 29.3 Å². The van der Waals surface area contributed by atoms with Crippen molar-refractivity contribution in [2.24, 2.45) is 0 Å². The Labute approximate surface area is 165 Å². The molecule has 1 N–H and O–H groups in total. The van der Waals surface area contributed by atoms with Crippen LogP contribution in [-0.4, -0.2) is 33.8 Å².